The second-order valence-electron chi connectivity index (χ2n) is 6.60. The summed E-state index contributed by atoms with van der Waals surface area (Å²) < 4.78 is 0. The van der Waals surface area contributed by atoms with E-state index in [1.54, 1.807) is 0 Å². The van der Waals surface area contributed by atoms with Crippen LogP contribution >= 0.6 is 0 Å². The lowest BCUT2D eigenvalue weighted by molar-refractivity contribution is -0.142. The molecule has 4 aliphatic rings. The van der Waals surface area contributed by atoms with Crippen LogP contribution in [0.3, 0.4) is 0 Å². The summed E-state index contributed by atoms with van der Waals surface area (Å²) in [7, 11) is 0. The fourth-order valence-electron chi connectivity index (χ4n) is 5.72. The first-order chi connectivity index (χ1) is 7.71. The van der Waals surface area contributed by atoms with Crippen LogP contribution in [0.2, 0.25) is 0 Å². The molecule has 4 aliphatic carbocycles. The zero-order valence-corrected chi connectivity index (χ0v) is 9.69. The molecule has 4 saturated carbocycles. The summed E-state index contributed by atoms with van der Waals surface area (Å²) in [6, 6.07) is 0. The smallest absolute Gasteiger partial charge is 0.164 e. The third-order valence-electron chi connectivity index (χ3n) is 6.18. The normalized spacial score (nSPS) is 58.8. The Morgan fingerprint density at radius 3 is 2.88 bits per heavy atom. The lowest BCUT2D eigenvalue weighted by Gasteiger charge is -2.32. The van der Waals surface area contributed by atoms with E-state index in [1.165, 1.54) is 25.7 Å². The fourth-order valence-corrected chi connectivity index (χ4v) is 5.72. The zero-order valence-electron chi connectivity index (χ0n) is 9.69. The van der Waals surface area contributed by atoms with Crippen molar-refractivity contribution in [2.24, 2.45) is 29.6 Å². The molecule has 2 nitrogen and oxygen atoms in total. The number of Topliss-reactive ketones (excluding diaryl/α,β-unsaturated/α-hetero) is 1. The fraction of sp³-hybridized carbons (Fsp3) is 0.929. The molecule has 0 aromatic rings. The Labute approximate surface area is 96.4 Å². The Morgan fingerprint density at radius 1 is 1.12 bits per heavy atom. The van der Waals surface area contributed by atoms with Crippen molar-refractivity contribution >= 4 is 5.78 Å². The topological polar surface area (TPSA) is 37.3 Å². The summed E-state index contributed by atoms with van der Waals surface area (Å²) in [5, 5.41) is 10.9. The summed E-state index contributed by atoms with van der Waals surface area (Å²) in [5.41, 5.74) is -0.881. The molecule has 0 aliphatic heterocycles. The van der Waals surface area contributed by atoms with E-state index in [0.717, 1.165) is 18.8 Å². The quantitative estimate of drug-likeness (QED) is 0.679. The van der Waals surface area contributed by atoms with E-state index < -0.39 is 5.60 Å². The summed E-state index contributed by atoms with van der Waals surface area (Å²) in [4.78, 5) is 12.1. The molecular weight excluding hydrogens is 200 g/mol. The van der Waals surface area contributed by atoms with Crippen LogP contribution in [0.4, 0.5) is 0 Å². The SMILES string of the molecule is O=C1CC[C@H]2C[C@@H]3C[C@@H]4CCC[C@@H]4[C@@H]3[C@@]12O. The molecule has 0 aromatic carbocycles. The average Bonchev–Trinajstić information content (AvgIpc) is 2.90. The Morgan fingerprint density at radius 2 is 2.00 bits per heavy atom. The van der Waals surface area contributed by atoms with Gasteiger partial charge in [0, 0.05) is 12.3 Å². The van der Waals surface area contributed by atoms with Gasteiger partial charge in [0.25, 0.3) is 0 Å². The van der Waals surface area contributed by atoms with Crippen LogP contribution in [0.15, 0.2) is 0 Å². The second-order valence-corrected chi connectivity index (χ2v) is 6.60. The zero-order chi connectivity index (χ0) is 10.9. The van der Waals surface area contributed by atoms with Crippen LogP contribution in [0.25, 0.3) is 0 Å². The maximum absolute atomic E-state index is 12.1. The van der Waals surface area contributed by atoms with Gasteiger partial charge in [0.15, 0.2) is 5.78 Å². The van der Waals surface area contributed by atoms with Gasteiger partial charge >= 0.3 is 0 Å². The van der Waals surface area contributed by atoms with Crippen LogP contribution in [-0.2, 0) is 4.79 Å². The van der Waals surface area contributed by atoms with E-state index in [4.69, 9.17) is 0 Å². The first-order valence-corrected chi connectivity index (χ1v) is 6.97. The van der Waals surface area contributed by atoms with Crippen molar-refractivity contribution in [3.05, 3.63) is 0 Å². The van der Waals surface area contributed by atoms with E-state index in [0.29, 0.717) is 30.1 Å². The van der Waals surface area contributed by atoms with Crippen LogP contribution in [0.5, 0.6) is 0 Å². The Bertz CT molecular complexity index is 351. The van der Waals surface area contributed by atoms with Gasteiger partial charge in [0.05, 0.1) is 0 Å². The standard InChI is InChI=1S/C14H20O2/c15-12-5-4-10-7-9-6-8-2-1-3-11(8)13(9)14(10,12)16/h8-11,13,16H,1-7H2/t8-,9-,10-,11-,13+,14-/m0/s1. The highest BCUT2D eigenvalue weighted by Gasteiger charge is 2.66. The lowest BCUT2D eigenvalue weighted by Crippen LogP contribution is -2.45. The number of aliphatic hydroxyl groups is 1. The van der Waals surface area contributed by atoms with Gasteiger partial charge in [0.1, 0.15) is 5.60 Å². The molecular formula is C14H20O2. The second kappa shape index (κ2) is 2.90. The summed E-state index contributed by atoms with van der Waals surface area (Å²) in [6.07, 6.45) is 8.00. The number of carbonyl (C=O) groups is 1. The minimum atomic E-state index is -0.881. The van der Waals surface area contributed by atoms with Gasteiger partial charge < -0.3 is 5.11 Å². The first kappa shape index (κ1) is 9.64. The van der Waals surface area contributed by atoms with Gasteiger partial charge in [-0.15, -0.1) is 0 Å². The molecule has 0 heterocycles. The molecule has 0 amide bonds. The van der Waals surface area contributed by atoms with Crippen LogP contribution in [0, 0.1) is 29.6 Å². The third-order valence-corrected chi connectivity index (χ3v) is 6.18. The highest BCUT2D eigenvalue weighted by Crippen LogP contribution is 2.64. The maximum Gasteiger partial charge on any atom is 0.164 e. The molecule has 0 unspecified atom stereocenters. The molecule has 4 fully saturated rings. The first-order valence-electron chi connectivity index (χ1n) is 6.97. The monoisotopic (exact) mass is 220 g/mol. The number of hydrogen-bond donors (Lipinski definition) is 1. The van der Waals surface area contributed by atoms with Gasteiger partial charge in [-0.2, -0.15) is 0 Å². The average molecular weight is 220 g/mol. The number of hydrogen-bond acceptors (Lipinski definition) is 2. The Hall–Kier alpha value is -0.370. The van der Waals surface area contributed by atoms with E-state index >= 15 is 0 Å². The molecule has 0 aromatic heterocycles. The molecule has 0 radical (unpaired) electrons. The lowest BCUT2D eigenvalue weighted by atomic mass is 9.77. The number of rotatable bonds is 0. The molecule has 88 valence electrons. The predicted molar refractivity (Wildman–Crippen MR) is 59.7 cm³/mol. The number of carbonyl (C=O) groups excluding carboxylic acids is 1. The predicted octanol–water partition coefficient (Wildman–Crippen LogP) is 2.15. The third kappa shape index (κ3) is 0.919. The van der Waals surface area contributed by atoms with Crippen molar-refractivity contribution in [3.8, 4) is 0 Å². The molecule has 6 atom stereocenters. The van der Waals surface area contributed by atoms with E-state index in [-0.39, 0.29) is 5.78 Å². The Balaban J connectivity index is 1.75. The van der Waals surface area contributed by atoms with Crippen LogP contribution < -0.4 is 0 Å². The molecule has 16 heavy (non-hydrogen) atoms. The largest absolute Gasteiger partial charge is 0.381 e. The van der Waals surface area contributed by atoms with Crippen molar-refractivity contribution < 1.29 is 9.90 Å². The van der Waals surface area contributed by atoms with E-state index in [9.17, 15) is 9.90 Å². The molecule has 1 N–H and O–H groups in total. The molecule has 0 saturated heterocycles. The van der Waals surface area contributed by atoms with Gasteiger partial charge in [-0.05, 0) is 49.4 Å². The van der Waals surface area contributed by atoms with Crippen molar-refractivity contribution in [2.45, 2.75) is 50.5 Å². The molecule has 0 spiro atoms. The van der Waals surface area contributed by atoms with Gasteiger partial charge in [-0.1, -0.05) is 12.8 Å². The molecule has 2 heteroatoms. The maximum atomic E-state index is 12.1. The van der Waals surface area contributed by atoms with E-state index in [1.807, 2.05) is 0 Å². The minimum Gasteiger partial charge on any atom is -0.381 e. The van der Waals surface area contributed by atoms with Crippen LogP contribution in [0.1, 0.15) is 44.9 Å². The van der Waals surface area contributed by atoms with Gasteiger partial charge in [-0.25, -0.2) is 0 Å². The minimum absolute atomic E-state index is 0.178. The van der Waals surface area contributed by atoms with Crippen LogP contribution in [-0.4, -0.2) is 16.5 Å². The van der Waals surface area contributed by atoms with Gasteiger partial charge in [-0.3, -0.25) is 4.79 Å². The summed E-state index contributed by atoms with van der Waals surface area (Å²) >= 11 is 0. The van der Waals surface area contributed by atoms with Crippen molar-refractivity contribution in [1.82, 2.24) is 0 Å². The summed E-state index contributed by atoms with van der Waals surface area (Å²) in [5.74, 6) is 3.04. The molecule has 4 rings (SSSR count). The summed E-state index contributed by atoms with van der Waals surface area (Å²) in [6.45, 7) is 0. The van der Waals surface area contributed by atoms with E-state index in [2.05, 4.69) is 0 Å². The Kier molecular flexibility index (Phi) is 1.75. The molecule has 0 bridgehead atoms. The number of fused-ring (bicyclic) bond motifs is 5. The highest BCUT2D eigenvalue weighted by atomic mass is 16.3. The van der Waals surface area contributed by atoms with Crippen molar-refractivity contribution in [1.29, 1.82) is 0 Å². The highest BCUT2D eigenvalue weighted by molar-refractivity contribution is 5.90. The van der Waals surface area contributed by atoms with Crippen molar-refractivity contribution in [3.63, 3.8) is 0 Å². The van der Waals surface area contributed by atoms with Gasteiger partial charge in [0.2, 0.25) is 0 Å². The van der Waals surface area contributed by atoms with Crippen molar-refractivity contribution in [2.75, 3.05) is 0 Å². The number of ketones is 1.